The minimum Gasteiger partial charge on any atom is -0.439 e. The summed E-state index contributed by atoms with van der Waals surface area (Å²) < 4.78 is 6.92. The van der Waals surface area contributed by atoms with Crippen LogP contribution in [0.2, 0.25) is 0 Å². The van der Waals surface area contributed by atoms with Gasteiger partial charge in [-0.25, -0.2) is 9.97 Å². The van der Waals surface area contributed by atoms with Gasteiger partial charge in [-0.3, -0.25) is 0 Å². The Morgan fingerprint density at radius 3 is 2.50 bits per heavy atom. The number of benzene rings is 1. The number of ether oxygens (including phenoxy) is 1. The van der Waals surface area contributed by atoms with Crippen LogP contribution in [-0.2, 0) is 0 Å². The van der Waals surface area contributed by atoms with Crippen molar-refractivity contribution >= 4 is 21.7 Å². The lowest BCUT2D eigenvalue weighted by molar-refractivity contribution is 0.451. The molecule has 1 N–H and O–H groups in total. The van der Waals surface area contributed by atoms with Gasteiger partial charge < -0.3 is 10.1 Å². The summed E-state index contributed by atoms with van der Waals surface area (Å²) in [5.41, 5.74) is 0.997. The first-order chi connectivity index (χ1) is 9.61. The van der Waals surface area contributed by atoms with Gasteiger partial charge in [0.25, 0.3) is 0 Å². The van der Waals surface area contributed by atoms with E-state index in [0.717, 1.165) is 28.1 Å². The Kier molecular flexibility index (Phi) is 4.95. The van der Waals surface area contributed by atoms with Gasteiger partial charge in [0, 0.05) is 11.0 Å². The highest BCUT2D eigenvalue weighted by atomic mass is 79.9. The van der Waals surface area contributed by atoms with Crippen LogP contribution in [0.3, 0.4) is 0 Å². The van der Waals surface area contributed by atoms with Gasteiger partial charge in [0.15, 0.2) is 0 Å². The van der Waals surface area contributed by atoms with Crippen molar-refractivity contribution in [2.45, 2.75) is 26.7 Å². The molecular weight excluding hydrogens is 318 g/mol. The van der Waals surface area contributed by atoms with E-state index in [4.69, 9.17) is 4.74 Å². The molecule has 2 aromatic rings. The number of aromatic nitrogens is 2. The zero-order valence-corrected chi connectivity index (χ0v) is 13.4. The third kappa shape index (κ3) is 3.48. The van der Waals surface area contributed by atoms with Crippen LogP contribution in [0.4, 0.5) is 5.82 Å². The minimum absolute atomic E-state index is 0.274. The predicted molar refractivity (Wildman–Crippen MR) is 84.5 cm³/mol. The minimum atomic E-state index is 0.274. The van der Waals surface area contributed by atoms with Crippen LogP contribution in [0.5, 0.6) is 11.6 Å². The van der Waals surface area contributed by atoms with Gasteiger partial charge in [-0.15, -0.1) is 0 Å². The summed E-state index contributed by atoms with van der Waals surface area (Å²) in [6.45, 7) is 7.07. The van der Waals surface area contributed by atoms with Crippen LogP contribution in [0, 0.1) is 0 Å². The van der Waals surface area contributed by atoms with Crippen molar-refractivity contribution in [1.82, 2.24) is 9.97 Å². The monoisotopic (exact) mass is 335 g/mol. The molecule has 0 aliphatic heterocycles. The molecule has 2 rings (SSSR count). The van der Waals surface area contributed by atoms with Crippen molar-refractivity contribution in [3.63, 3.8) is 0 Å². The molecule has 5 heteroatoms. The lowest BCUT2D eigenvalue weighted by Gasteiger charge is -2.16. The summed E-state index contributed by atoms with van der Waals surface area (Å²) in [5.74, 6) is 2.48. The molecule has 0 aliphatic rings. The number of rotatable bonds is 5. The molecule has 1 aromatic heterocycles. The molecule has 0 saturated carbocycles. The highest BCUT2D eigenvalue weighted by Crippen LogP contribution is 2.33. The maximum absolute atomic E-state index is 5.90. The Bertz CT molecular complexity index is 570. The second-order valence-electron chi connectivity index (χ2n) is 4.68. The lowest BCUT2D eigenvalue weighted by Crippen LogP contribution is -2.07. The summed E-state index contributed by atoms with van der Waals surface area (Å²) in [5, 5.41) is 3.25. The fraction of sp³-hybridized carbons (Fsp3) is 0.333. The first-order valence-electron chi connectivity index (χ1n) is 6.64. The van der Waals surface area contributed by atoms with E-state index in [9.17, 15) is 0 Å². The summed E-state index contributed by atoms with van der Waals surface area (Å²) in [6.07, 6.45) is 1.53. The molecular formula is C15H18BrN3O. The number of hydrogen-bond acceptors (Lipinski definition) is 4. The third-order valence-corrected chi connectivity index (χ3v) is 3.33. The fourth-order valence-corrected chi connectivity index (χ4v) is 2.17. The van der Waals surface area contributed by atoms with Gasteiger partial charge >= 0.3 is 0 Å². The summed E-state index contributed by atoms with van der Waals surface area (Å²) in [7, 11) is 0. The first kappa shape index (κ1) is 14.8. The summed E-state index contributed by atoms with van der Waals surface area (Å²) >= 11 is 3.41. The Morgan fingerprint density at radius 2 is 1.90 bits per heavy atom. The average molecular weight is 336 g/mol. The second kappa shape index (κ2) is 6.70. The van der Waals surface area contributed by atoms with E-state index >= 15 is 0 Å². The molecule has 0 spiro atoms. The van der Waals surface area contributed by atoms with Gasteiger partial charge in [-0.1, -0.05) is 29.8 Å². The van der Waals surface area contributed by atoms with E-state index in [-0.39, 0.29) is 5.92 Å². The molecule has 0 bridgehead atoms. The van der Waals surface area contributed by atoms with E-state index in [1.54, 1.807) is 0 Å². The molecule has 0 fully saturated rings. The normalized spacial score (nSPS) is 10.7. The maximum Gasteiger partial charge on any atom is 0.227 e. The highest BCUT2D eigenvalue weighted by Gasteiger charge is 2.16. The van der Waals surface area contributed by atoms with E-state index in [0.29, 0.717) is 5.88 Å². The Hall–Kier alpha value is -1.62. The Labute approximate surface area is 127 Å². The van der Waals surface area contributed by atoms with Crippen LogP contribution < -0.4 is 10.1 Å². The van der Waals surface area contributed by atoms with Gasteiger partial charge in [0.2, 0.25) is 5.88 Å². The molecule has 0 unspecified atom stereocenters. The molecule has 0 amide bonds. The topological polar surface area (TPSA) is 47.0 Å². The average Bonchev–Trinajstić information content (AvgIpc) is 2.41. The van der Waals surface area contributed by atoms with Crippen LogP contribution in [-0.4, -0.2) is 16.5 Å². The van der Waals surface area contributed by atoms with Crippen LogP contribution >= 0.6 is 15.9 Å². The number of nitrogens with one attached hydrogen (secondary N) is 1. The van der Waals surface area contributed by atoms with Crippen molar-refractivity contribution in [1.29, 1.82) is 0 Å². The zero-order chi connectivity index (χ0) is 14.5. The molecule has 20 heavy (non-hydrogen) atoms. The van der Waals surface area contributed by atoms with Gasteiger partial charge in [-0.05, 0) is 37.1 Å². The SMILES string of the molecule is CCNc1ncnc(Oc2ccc(Br)cc2)c1C(C)C. The van der Waals surface area contributed by atoms with E-state index in [1.165, 1.54) is 6.33 Å². The highest BCUT2D eigenvalue weighted by molar-refractivity contribution is 9.10. The molecule has 0 aliphatic carbocycles. The maximum atomic E-state index is 5.90. The van der Waals surface area contributed by atoms with E-state index in [1.807, 2.05) is 31.2 Å². The largest absolute Gasteiger partial charge is 0.439 e. The van der Waals surface area contributed by atoms with Crippen molar-refractivity contribution < 1.29 is 4.74 Å². The van der Waals surface area contributed by atoms with Crippen LogP contribution in [0.25, 0.3) is 0 Å². The van der Waals surface area contributed by atoms with E-state index < -0.39 is 0 Å². The molecule has 0 radical (unpaired) electrons. The number of hydrogen-bond donors (Lipinski definition) is 1. The molecule has 0 saturated heterocycles. The van der Waals surface area contributed by atoms with Crippen molar-refractivity contribution in [2.24, 2.45) is 0 Å². The molecule has 1 heterocycles. The number of halogens is 1. The molecule has 0 atom stereocenters. The lowest BCUT2D eigenvalue weighted by atomic mass is 10.1. The predicted octanol–water partition coefficient (Wildman–Crippen LogP) is 4.59. The van der Waals surface area contributed by atoms with Gasteiger partial charge in [0.05, 0.1) is 5.56 Å². The third-order valence-electron chi connectivity index (χ3n) is 2.80. The summed E-state index contributed by atoms with van der Waals surface area (Å²) in [4.78, 5) is 8.57. The van der Waals surface area contributed by atoms with Crippen LogP contribution in [0.1, 0.15) is 32.3 Å². The van der Waals surface area contributed by atoms with E-state index in [2.05, 4.69) is 45.1 Å². The first-order valence-corrected chi connectivity index (χ1v) is 7.43. The van der Waals surface area contributed by atoms with Crippen molar-refractivity contribution in [3.05, 3.63) is 40.6 Å². The Balaban J connectivity index is 2.35. The smallest absolute Gasteiger partial charge is 0.227 e. The van der Waals surface area contributed by atoms with Crippen molar-refractivity contribution in [3.8, 4) is 11.6 Å². The summed E-state index contributed by atoms with van der Waals surface area (Å²) in [6, 6.07) is 7.69. The fourth-order valence-electron chi connectivity index (χ4n) is 1.90. The molecule has 1 aromatic carbocycles. The Morgan fingerprint density at radius 1 is 1.20 bits per heavy atom. The number of nitrogens with zero attached hydrogens (tertiary/aromatic N) is 2. The van der Waals surface area contributed by atoms with Crippen molar-refractivity contribution in [2.75, 3.05) is 11.9 Å². The van der Waals surface area contributed by atoms with Gasteiger partial charge in [-0.2, -0.15) is 0 Å². The van der Waals surface area contributed by atoms with Gasteiger partial charge in [0.1, 0.15) is 17.9 Å². The number of anilines is 1. The quantitative estimate of drug-likeness (QED) is 0.868. The zero-order valence-electron chi connectivity index (χ0n) is 11.9. The standard InChI is InChI=1S/C15H18BrN3O/c1-4-17-14-13(10(2)3)15(19-9-18-14)20-12-7-5-11(16)6-8-12/h5-10H,4H2,1-3H3,(H,17,18,19). The second-order valence-corrected chi connectivity index (χ2v) is 5.60. The molecule has 106 valence electrons. The van der Waals surface area contributed by atoms with Crippen LogP contribution in [0.15, 0.2) is 35.1 Å². The molecule has 4 nitrogen and oxygen atoms in total.